The van der Waals surface area contributed by atoms with Crippen LogP contribution in [0.3, 0.4) is 0 Å². The summed E-state index contributed by atoms with van der Waals surface area (Å²) in [5, 5.41) is 3.45. The first-order valence-electron chi connectivity index (χ1n) is 9.23. The summed E-state index contributed by atoms with van der Waals surface area (Å²) in [7, 11) is 0. The SMILES string of the molecule is CCC(Cc1ccc2c(c1)NCCO2)N(CC(C)C)CC(C)C. The Hall–Kier alpha value is -1.22. The molecule has 23 heavy (non-hydrogen) atoms. The van der Waals surface area contributed by atoms with Crippen molar-refractivity contribution in [1.82, 2.24) is 4.90 Å². The van der Waals surface area contributed by atoms with Crippen LogP contribution >= 0.6 is 0 Å². The summed E-state index contributed by atoms with van der Waals surface area (Å²) in [4.78, 5) is 2.69. The number of ether oxygens (including phenoxy) is 1. The molecular weight excluding hydrogens is 284 g/mol. The maximum atomic E-state index is 5.69. The van der Waals surface area contributed by atoms with Gasteiger partial charge in [0.05, 0.1) is 5.69 Å². The number of nitrogens with zero attached hydrogens (tertiary/aromatic N) is 1. The van der Waals surface area contributed by atoms with Crippen LogP contribution in [0.15, 0.2) is 18.2 Å². The molecule has 3 nitrogen and oxygen atoms in total. The zero-order valence-corrected chi connectivity index (χ0v) is 15.6. The number of anilines is 1. The molecule has 0 saturated heterocycles. The number of rotatable bonds is 8. The number of hydrogen-bond donors (Lipinski definition) is 1. The maximum absolute atomic E-state index is 5.69. The second-order valence-corrected chi connectivity index (χ2v) is 7.61. The van der Waals surface area contributed by atoms with Crippen molar-refractivity contribution in [2.45, 2.75) is 53.5 Å². The second kappa shape index (κ2) is 8.58. The minimum Gasteiger partial charge on any atom is -0.490 e. The molecule has 1 aromatic carbocycles. The quantitative estimate of drug-likeness (QED) is 0.767. The Bertz CT molecular complexity index is 475. The minimum atomic E-state index is 0.613. The van der Waals surface area contributed by atoms with Crippen molar-refractivity contribution in [2.75, 3.05) is 31.6 Å². The molecule has 3 heteroatoms. The third-order valence-corrected chi connectivity index (χ3v) is 4.38. The molecule has 1 N–H and O–H groups in total. The molecule has 2 rings (SSSR count). The van der Waals surface area contributed by atoms with Crippen molar-refractivity contribution in [3.63, 3.8) is 0 Å². The molecule has 0 amide bonds. The average molecular weight is 319 g/mol. The van der Waals surface area contributed by atoms with Gasteiger partial charge in [-0.05, 0) is 42.4 Å². The van der Waals surface area contributed by atoms with Crippen LogP contribution in [0.2, 0.25) is 0 Å². The Balaban J connectivity index is 2.09. The Morgan fingerprint density at radius 2 is 1.83 bits per heavy atom. The molecule has 1 unspecified atom stereocenters. The highest BCUT2D eigenvalue weighted by molar-refractivity contribution is 5.59. The summed E-state index contributed by atoms with van der Waals surface area (Å²) in [6.07, 6.45) is 2.31. The molecule has 130 valence electrons. The summed E-state index contributed by atoms with van der Waals surface area (Å²) in [5.41, 5.74) is 2.56. The minimum absolute atomic E-state index is 0.613. The van der Waals surface area contributed by atoms with Gasteiger partial charge < -0.3 is 10.1 Å². The van der Waals surface area contributed by atoms with E-state index in [0.717, 1.165) is 31.0 Å². The number of nitrogens with one attached hydrogen (secondary N) is 1. The Morgan fingerprint density at radius 3 is 2.43 bits per heavy atom. The van der Waals surface area contributed by atoms with E-state index < -0.39 is 0 Å². The van der Waals surface area contributed by atoms with Crippen LogP contribution in [0.1, 0.15) is 46.6 Å². The van der Waals surface area contributed by atoms with Crippen LogP contribution in [0.4, 0.5) is 5.69 Å². The molecule has 0 aromatic heterocycles. The molecule has 0 fully saturated rings. The molecule has 1 aromatic rings. The molecule has 1 aliphatic rings. The standard InChI is InChI=1S/C20H34N2O/c1-6-18(22(13-15(2)3)14-16(4)5)11-17-7-8-20-19(12-17)21-9-10-23-20/h7-8,12,15-16,18,21H,6,9-11,13-14H2,1-5H3. The van der Waals surface area contributed by atoms with Crippen LogP contribution < -0.4 is 10.1 Å². The van der Waals surface area contributed by atoms with Crippen LogP contribution in [0.5, 0.6) is 5.75 Å². The summed E-state index contributed by atoms with van der Waals surface area (Å²) < 4.78 is 5.69. The first-order valence-corrected chi connectivity index (χ1v) is 9.23. The fourth-order valence-corrected chi connectivity index (χ4v) is 3.43. The molecular formula is C20H34N2O. The van der Waals surface area contributed by atoms with E-state index in [2.05, 4.69) is 63.0 Å². The van der Waals surface area contributed by atoms with Crippen LogP contribution in [-0.2, 0) is 6.42 Å². The lowest BCUT2D eigenvalue weighted by Crippen LogP contribution is -2.41. The summed E-state index contributed by atoms with van der Waals surface area (Å²) in [6.45, 7) is 15.6. The second-order valence-electron chi connectivity index (χ2n) is 7.61. The van der Waals surface area contributed by atoms with E-state index in [9.17, 15) is 0 Å². The van der Waals surface area contributed by atoms with Crippen LogP contribution in [0, 0.1) is 11.8 Å². The lowest BCUT2D eigenvalue weighted by Gasteiger charge is -2.34. The molecule has 0 aliphatic carbocycles. The van der Waals surface area contributed by atoms with E-state index in [1.807, 2.05) is 0 Å². The van der Waals surface area contributed by atoms with Crippen molar-refractivity contribution < 1.29 is 4.74 Å². The monoisotopic (exact) mass is 318 g/mol. The zero-order valence-electron chi connectivity index (χ0n) is 15.6. The van der Waals surface area contributed by atoms with Gasteiger partial charge in [-0.2, -0.15) is 0 Å². The van der Waals surface area contributed by atoms with Gasteiger partial charge in [-0.3, -0.25) is 4.90 Å². The highest BCUT2D eigenvalue weighted by Crippen LogP contribution is 2.29. The van der Waals surface area contributed by atoms with Gasteiger partial charge in [0, 0.05) is 25.7 Å². The predicted molar refractivity (Wildman–Crippen MR) is 99.5 cm³/mol. The molecule has 0 radical (unpaired) electrons. The van der Waals surface area contributed by atoms with E-state index in [1.54, 1.807) is 0 Å². The third-order valence-electron chi connectivity index (χ3n) is 4.38. The topological polar surface area (TPSA) is 24.5 Å². The zero-order chi connectivity index (χ0) is 16.8. The van der Waals surface area contributed by atoms with Crippen molar-refractivity contribution in [1.29, 1.82) is 0 Å². The Labute approximate surface area is 142 Å². The predicted octanol–water partition coefficient (Wildman–Crippen LogP) is 4.43. The molecule has 0 saturated carbocycles. The van der Waals surface area contributed by atoms with E-state index in [1.165, 1.54) is 25.1 Å². The first-order chi connectivity index (χ1) is 11.0. The maximum Gasteiger partial charge on any atom is 0.142 e. The Kier molecular flexibility index (Phi) is 6.76. The third kappa shape index (κ3) is 5.42. The largest absolute Gasteiger partial charge is 0.490 e. The molecule has 1 heterocycles. The van der Waals surface area contributed by atoms with Crippen molar-refractivity contribution in [3.05, 3.63) is 23.8 Å². The molecule has 1 atom stereocenters. The number of fused-ring (bicyclic) bond motifs is 1. The van der Waals surface area contributed by atoms with Crippen molar-refractivity contribution in [2.24, 2.45) is 11.8 Å². The van der Waals surface area contributed by atoms with E-state index in [-0.39, 0.29) is 0 Å². The fourth-order valence-electron chi connectivity index (χ4n) is 3.43. The van der Waals surface area contributed by atoms with Gasteiger partial charge in [0.2, 0.25) is 0 Å². The van der Waals surface area contributed by atoms with E-state index in [0.29, 0.717) is 17.9 Å². The van der Waals surface area contributed by atoms with Crippen LogP contribution in [-0.4, -0.2) is 37.2 Å². The van der Waals surface area contributed by atoms with E-state index >= 15 is 0 Å². The highest BCUT2D eigenvalue weighted by atomic mass is 16.5. The number of benzene rings is 1. The van der Waals surface area contributed by atoms with Gasteiger partial charge in [-0.25, -0.2) is 0 Å². The lowest BCUT2D eigenvalue weighted by molar-refractivity contribution is 0.151. The van der Waals surface area contributed by atoms with E-state index in [4.69, 9.17) is 4.74 Å². The van der Waals surface area contributed by atoms with Crippen molar-refractivity contribution in [3.8, 4) is 5.75 Å². The van der Waals surface area contributed by atoms with Gasteiger partial charge in [-0.15, -0.1) is 0 Å². The molecule has 1 aliphatic heterocycles. The van der Waals surface area contributed by atoms with Gasteiger partial charge in [0.15, 0.2) is 0 Å². The summed E-state index contributed by atoms with van der Waals surface area (Å²) in [6, 6.07) is 7.25. The number of hydrogen-bond acceptors (Lipinski definition) is 3. The van der Waals surface area contributed by atoms with Gasteiger partial charge in [0.1, 0.15) is 12.4 Å². The van der Waals surface area contributed by atoms with Gasteiger partial charge >= 0.3 is 0 Å². The van der Waals surface area contributed by atoms with Gasteiger partial charge in [-0.1, -0.05) is 40.7 Å². The molecule has 0 bridgehead atoms. The van der Waals surface area contributed by atoms with Crippen molar-refractivity contribution >= 4 is 5.69 Å². The first kappa shape index (κ1) is 18.1. The summed E-state index contributed by atoms with van der Waals surface area (Å²) >= 11 is 0. The molecule has 0 spiro atoms. The average Bonchev–Trinajstić information content (AvgIpc) is 2.51. The smallest absolute Gasteiger partial charge is 0.142 e. The summed E-state index contributed by atoms with van der Waals surface area (Å²) in [5.74, 6) is 2.41. The fraction of sp³-hybridized carbons (Fsp3) is 0.700. The lowest BCUT2D eigenvalue weighted by atomic mass is 9.99. The Morgan fingerprint density at radius 1 is 1.13 bits per heavy atom. The normalized spacial score (nSPS) is 15.5. The van der Waals surface area contributed by atoms with Crippen LogP contribution in [0.25, 0.3) is 0 Å². The highest BCUT2D eigenvalue weighted by Gasteiger charge is 2.20. The van der Waals surface area contributed by atoms with Gasteiger partial charge in [0.25, 0.3) is 0 Å².